The number of halogens is 1. The lowest BCUT2D eigenvalue weighted by Crippen LogP contribution is -2.39. The number of nitriles is 1. The van der Waals surface area contributed by atoms with Gasteiger partial charge in [0.2, 0.25) is 5.91 Å². The number of ether oxygens (including phenoxy) is 1. The molecule has 0 fully saturated rings. The highest BCUT2D eigenvalue weighted by Crippen LogP contribution is 2.37. The fourth-order valence-corrected chi connectivity index (χ4v) is 6.08. The first-order valence-corrected chi connectivity index (χ1v) is 14.3. The molecule has 0 radical (unpaired) electrons. The van der Waals surface area contributed by atoms with Gasteiger partial charge in [0.1, 0.15) is 16.7 Å². The maximum Gasteiger partial charge on any atom is 0.410 e. The molecule has 0 atom stereocenters. The van der Waals surface area contributed by atoms with E-state index >= 15 is 0 Å². The van der Waals surface area contributed by atoms with E-state index in [1.807, 2.05) is 26.8 Å². The van der Waals surface area contributed by atoms with Gasteiger partial charge in [-0.15, -0.1) is 23.1 Å². The van der Waals surface area contributed by atoms with Crippen LogP contribution in [0.5, 0.6) is 0 Å². The number of rotatable bonds is 6. The highest BCUT2D eigenvalue weighted by atomic mass is 35.5. The Morgan fingerprint density at radius 2 is 1.92 bits per heavy atom. The second-order valence-electron chi connectivity index (χ2n) is 9.80. The van der Waals surface area contributed by atoms with Gasteiger partial charge in [0.25, 0.3) is 5.91 Å². The van der Waals surface area contributed by atoms with Crippen molar-refractivity contribution >= 4 is 63.3 Å². The Hall–Kier alpha value is -3.52. The zero-order valence-electron chi connectivity index (χ0n) is 21.7. The van der Waals surface area contributed by atoms with Crippen LogP contribution in [0.1, 0.15) is 47.1 Å². The minimum Gasteiger partial charge on any atom is -0.444 e. The average Bonchev–Trinajstić information content (AvgIpc) is 3.22. The summed E-state index contributed by atoms with van der Waals surface area (Å²) in [4.78, 5) is 41.1. The highest BCUT2D eigenvalue weighted by Gasteiger charge is 2.30. The average molecular weight is 583 g/mol. The van der Waals surface area contributed by atoms with E-state index in [0.29, 0.717) is 46.3 Å². The van der Waals surface area contributed by atoms with E-state index in [2.05, 4.69) is 16.7 Å². The lowest BCUT2D eigenvalue weighted by molar-refractivity contribution is -0.113. The van der Waals surface area contributed by atoms with Crippen molar-refractivity contribution in [3.63, 3.8) is 0 Å². The molecule has 0 aliphatic carbocycles. The van der Waals surface area contributed by atoms with Gasteiger partial charge in [0, 0.05) is 32.6 Å². The minimum absolute atomic E-state index is 0.114. The molecule has 1 aromatic heterocycles. The smallest absolute Gasteiger partial charge is 0.410 e. The van der Waals surface area contributed by atoms with Crippen LogP contribution in [-0.4, -0.2) is 40.7 Å². The number of amides is 3. The Kier molecular flexibility index (Phi) is 8.85. The zero-order chi connectivity index (χ0) is 28.2. The largest absolute Gasteiger partial charge is 0.444 e. The van der Waals surface area contributed by atoms with E-state index in [1.165, 1.54) is 23.1 Å². The van der Waals surface area contributed by atoms with Crippen LogP contribution in [0.15, 0.2) is 53.4 Å². The number of thiophene rings is 1. The summed E-state index contributed by atoms with van der Waals surface area (Å²) < 4.78 is 5.48. The number of nitrogens with zero attached hydrogens (tertiary/aromatic N) is 2. The molecule has 0 saturated carbocycles. The molecule has 202 valence electrons. The number of carbonyl (C=O) groups is 3. The van der Waals surface area contributed by atoms with Crippen molar-refractivity contribution in [3.8, 4) is 6.07 Å². The van der Waals surface area contributed by atoms with Crippen LogP contribution >= 0.6 is 34.7 Å². The molecule has 11 heteroatoms. The lowest BCUT2D eigenvalue weighted by Gasteiger charge is -2.29. The third-order valence-corrected chi connectivity index (χ3v) is 7.98. The van der Waals surface area contributed by atoms with Crippen molar-refractivity contribution < 1.29 is 19.1 Å². The summed E-state index contributed by atoms with van der Waals surface area (Å²) in [6.07, 6.45) is 0.125. The van der Waals surface area contributed by atoms with Crippen LogP contribution in [0.25, 0.3) is 0 Å². The van der Waals surface area contributed by atoms with Gasteiger partial charge in [0.05, 0.1) is 17.9 Å². The summed E-state index contributed by atoms with van der Waals surface area (Å²) in [5.74, 6) is -0.427. The number of anilines is 2. The Morgan fingerprint density at radius 3 is 2.64 bits per heavy atom. The zero-order valence-corrected chi connectivity index (χ0v) is 24.1. The third kappa shape index (κ3) is 7.53. The van der Waals surface area contributed by atoms with E-state index in [-0.39, 0.29) is 17.6 Å². The van der Waals surface area contributed by atoms with Crippen molar-refractivity contribution in [1.29, 1.82) is 5.26 Å². The Labute approximate surface area is 240 Å². The van der Waals surface area contributed by atoms with Gasteiger partial charge in [-0.1, -0.05) is 23.7 Å². The number of benzene rings is 2. The van der Waals surface area contributed by atoms with Crippen LogP contribution in [0.2, 0.25) is 5.02 Å². The van der Waals surface area contributed by atoms with Gasteiger partial charge < -0.3 is 20.3 Å². The molecule has 0 bridgehead atoms. The first kappa shape index (κ1) is 28.5. The number of thioether (sulfide) groups is 1. The molecule has 2 aromatic carbocycles. The molecule has 0 spiro atoms. The van der Waals surface area contributed by atoms with Crippen LogP contribution in [-0.2, 0) is 22.5 Å². The van der Waals surface area contributed by atoms with Crippen molar-refractivity contribution in [2.45, 2.75) is 44.2 Å². The summed E-state index contributed by atoms with van der Waals surface area (Å²) in [6, 6.07) is 16.1. The summed E-state index contributed by atoms with van der Waals surface area (Å²) in [5.41, 5.74) is 1.76. The van der Waals surface area contributed by atoms with Gasteiger partial charge >= 0.3 is 6.09 Å². The second kappa shape index (κ2) is 12.1. The number of hydrogen-bond donors (Lipinski definition) is 2. The molecule has 1 aliphatic rings. The predicted molar refractivity (Wildman–Crippen MR) is 155 cm³/mol. The minimum atomic E-state index is -0.595. The van der Waals surface area contributed by atoms with E-state index in [9.17, 15) is 19.6 Å². The highest BCUT2D eigenvalue weighted by molar-refractivity contribution is 8.00. The molecule has 0 saturated heterocycles. The third-order valence-electron chi connectivity index (χ3n) is 5.62. The second-order valence-corrected chi connectivity index (χ2v) is 12.4. The van der Waals surface area contributed by atoms with Gasteiger partial charge in [-0.3, -0.25) is 9.59 Å². The molecular formula is C28H27ClN4O4S2. The summed E-state index contributed by atoms with van der Waals surface area (Å²) in [5, 5.41) is 16.4. The first-order chi connectivity index (χ1) is 18.5. The molecule has 2 N–H and O–H groups in total. The molecular weight excluding hydrogens is 556 g/mol. The Balaban J connectivity index is 1.36. The molecule has 4 rings (SSSR count). The topological polar surface area (TPSA) is 112 Å². The maximum atomic E-state index is 12.8. The molecule has 39 heavy (non-hydrogen) atoms. The van der Waals surface area contributed by atoms with Crippen LogP contribution in [0.4, 0.5) is 15.5 Å². The number of fused-ring (bicyclic) bond motifs is 1. The summed E-state index contributed by atoms with van der Waals surface area (Å²) in [7, 11) is 0. The number of nitrogens with one attached hydrogen (secondary N) is 2. The van der Waals surface area contributed by atoms with E-state index in [0.717, 1.165) is 15.3 Å². The number of carbonyl (C=O) groups excluding carboxylic acids is 3. The predicted octanol–water partition coefficient (Wildman–Crippen LogP) is 6.55. The summed E-state index contributed by atoms with van der Waals surface area (Å²) in [6.45, 7) is 6.23. The number of hydrogen-bond acceptors (Lipinski definition) is 7. The SMILES string of the molecule is CC(C)(C)OC(=O)N1CCc2c(sc(NC(=O)CSc3cccc(NC(=O)c4cccc(Cl)c4)c3)c2C#N)C1. The Bertz CT molecular complexity index is 1460. The van der Waals surface area contributed by atoms with Crippen molar-refractivity contribution in [1.82, 2.24) is 4.90 Å². The fraction of sp³-hybridized carbons (Fsp3) is 0.286. The summed E-state index contributed by atoms with van der Waals surface area (Å²) >= 11 is 8.60. The van der Waals surface area contributed by atoms with E-state index in [4.69, 9.17) is 16.3 Å². The van der Waals surface area contributed by atoms with Crippen LogP contribution < -0.4 is 10.6 Å². The van der Waals surface area contributed by atoms with Gasteiger partial charge in [0.15, 0.2) is 0 Å². The van der Waals surface area contributed by atoms with Crippen molar-refractivity contribution in [2.24, 2.45) is 0 Å². The maximum absolute atomic E-state index is 12.8. The van der Waals surface area contributed by atoms with Gasteiger partial charge in [-0.25, -0.2) is 4.79 Å². The monoisotopic (exact) mass is 582 g/mol. The lowest BCUT2D eigenvalue weighted by atomic mass is 10.0. The normalized spacial score (nSPS) is 12.7. The quantitative estimate of drug-likeness (QED) is 0.319. The van der Waals surface area contributed by atoms with Crippen molar-refractivity contribution in [2.75, 3.05) is 22.9 Å². The van der Waals surface area contributed by atoms with E-state index < -0.39 is 11.7 Å². The van der Waals surface area contributed by atoms with E-state index in [1.54, 1.807) is 47.4 Å². The first-order valence-electron chi connectivity index (χ1n) is 12.1. The molecule has 1 aliphatic heterocycles. The van der Waals surface area contributed by atoms with Crippen LogP contribution in [0, 0.1) is 11.3 Å². The molecule has 3 aromatic rings. The standard InChI is InChI=1S/C28H27ClN4O4S2/c1-28(2,3)37-27(36)33-11-10-21-22(14-30)26(39-23(21)15-33)32-24(34)16-38-20-9-5-8-19(13-20)31-25(35)17-6-4-7-18(29)12-17/h4-9,12-13H,10-11,15-16H2,1-3H3,(H,31,35)(H,32,34). The van der Waals surface area contributed by atoms with Crippen LogP contribution in [0.3, 0.4) is 0 Å². The van der Waals surface area contributed by atoms with Crippen molar-refractivity contribution in [3.05, 3.63) is 75.1 Å². The van der Waals surface area contributed by atoms with Gasteiger partial charge in [-0.2, -0.15) is 5.26 Å². The fourth-order valence-electron chi connectivity index (χ4n) is 3.90. The molecule has 0 unspecified atom stereocenters. The molecule has 8 nitrogen and oxygen atoms in total. The Morgan fingerprint density at radius 1 is 1.15 bits per heavy atom. The molecule has 3 amide bonds. The van der Waals surface area contributed by atoms with Gasteiger partial charge in [-0.05, 0) is 69.2 Å². The molecule has 2 heterocycles.